The second-order valence-electron chi connectivity index (χ2n) is 14.3. The van der Waals surface area contributed by atoms with Crippen LogP contribution in [0.15, 0.2) is 54.6 Å². The molecule has 53 heavy (non-hydrogen) atoms. The van der Waals surface area contributed by atoms with Crippen molar-refractivity contribution in [2.24, 2.45) is 5.92 Å². The van der Waals surface area contributed by atoms with E-state index in [-0.39, 0.29) is 31.1 Å². The van der Waals surface area contributed by atoms with Crippen molar-refractivity contribution in [2.45, 2.75) is 89.0 Å². The first kappa shape index (κ1) is 38.8. The molecule has 15 heteroatoms. The van der Waals surface area contributed by atoms with Gasteiger partial charge in [0.25, 0.3) is 0 Å². The van der Waals surface area contributed by atoms with Crippen LogP contribution in [0.1, 0.15) is 57.1 Å². The molecule has 5 atom stereocenters. The minimum Gasteiger partial charge on any atom is -0.508 e. The van der Waals surface area contributed by atoms with Crippen molar-refractivity contribution in [3.05, 3.63) is 65.7 Å². The minimum absolute atomic E-state index is 0.0135. The van der Waals surface area contributed by atoms with Crippen molar-refractivity contribution < 1.29 is 38.7 Å². The third-order valence-electron chi connectivity index (χ3n) is 9.79. The molecule has 2 aromatic rings. The number of fused-ring (bicyclic) bond motifs is 2. The number of hydrogen-bond acceptors (Lipinski definition) is 8. The zero-order chi connectivity index (χ0) is 38.1. The molecule has 0 saturated carbocycles. The number of amides is 7. The number of phenolic OH excluding ortho intramolecular Hbond substituents is 1. The Bertz CT molecular complexity index is 1670. The summed E-state index contributed by atoms with van der Waals surface area (Å²) in [4.78, 5) is 98.2. The molecule has 0 radical (unpaired) electrons. The number of benzene rings is 2. The second kappa shape index (κ2) is 17.8. The van der Waals surface area contributed by atoms with Gasteiger partial charge in [0.2, 0.25) is 41.4 Å². The molecule has 3 aliphatic rings. The quantitative estimate of drug-likeness (QED) is 0.236. The molecule has 0 aliphatic carbocycles. The molecule has 3 saturated heterocycles. The Labute approximate surface area is 308 Å². The molecule has 7 amide bonds. The summed E-state index contributed by atoms with van der Waals surface area (Å²) in [5.41, 5.74) is 1.36. The van der Waals surface area contributed by atoms with Gasteiger partial charge in [0.1, 0.15) is 36.0 Å². The first-order chi connectivity index (χ1) is 25.4. The minimum atomic E-state index is -1.16. The topological polar surface area (TPSA) is 206 Å². The number of aromatic hydroxyl groups is 1. The zero-order valence-electron chi connectivity index (χ0n) is 30.1. The molecule has 6 N–H and O–H groups in total. The second-order valence-corrected chi connectivity index (χ2v) is 14.3. The van der Waals surface area contributed by atoms with E-state index in [1.807, 2.05) is 19.9 Å². The lowest BCUT2D eigenvalue weighted by Crippen LogP contribution is -2.58. The maximum Gasteiger partial charge on any atom is 0.246 e. The van der Waals surface area contributed by atoms with Gasteiger partial charge in [-0.25, -0.2) is 0 Å². The van der Waals surface area contributed by atoms with E-state index in [1.165, 1.54) is 21.9 Å². The highest BCUT2D eigenvalue weighted by Gasteiger charge is 2.40. The predicted molar refractivity (Wildman–Crippen MR) is 193 cm³/mol. The lowest BCUT2D eigenvalue weighted by Gasteiger charge is -2.30. The fourth-order valence-electron chi connectivity index (χ4n) is 7.16. The van der Waals surface area contributed by atoms with Gasteiger partial charge in [-0.05, 0) is 61.3 Å². The van der Waals surface area contributed by atoms with E-state index in [4.69, 9.17) is 0 Å². The lowest BCUT2D eigenvalue weighted by molar-refractivity contribution is -0.142. The molecule has 0 aromatic heterocycles. The smallest absolute Gasteiger partial charge is 0.246 e. The lowest BCUT2D eigenvalue weighted by atomic mass is 10.0. The molecule has 0 bridgehead atoms. The van der Waals surface area contributed by atoms with Crippen molar-refractivity contribution in [3.8, 4) is 5.75 Å². The number of rotatable bonds is 6. The number of carbonyl (C=O) groups is 7. The maximum atomic E-state index is 14.2. The van der Waals surface area contributed by atoms with E-state index >= 15 is 0 Å². The van der Waals surface area contributed by atoms with Gasteiger partial charge in [0, 0.05) is 25.9 Å². The summed E-state index contributed by atoms with van der Waals surface area (Å²) in [6, 6.07) is 10.1. The van der Waals surface area contributed by atoms with E-state index in [1.54, 1.807) is 36.4 Å². The Morgan fingerprint density at radius 3 is 1.66 bits per heavy atom. The van der Waals surface area contributed by atoms with Crippen LogP contribution in [0.4, 0.5) is 0 Å². The van der Waals surface area contributed by atoms with Crippen LogP contribution in [0.2, 0.25) is 0 Å². The normalized spacial score (nSPS) is 25.4. The molecule has 3 aliphatic heterocycles. The van der Waals surface area contributed by atoms with E-state index in [0.717, 1.165) is 5.56 Å². The molecular formula is C38H49N7O8. The van der Waals surface area contributed by atoms with Crippen molar-refractivity contribution in [1.82, 2.24) is 36.4 Å². The van der Waals surface area contributed by atoms with Gasteiger partial charge in [-0.15, -0.1) is 0 Å². The predicted octanol–water partition coefficient (Wildman–Crippen LogP) is -0.0941. The number of nitrogens with one attached hydrogen (secondary N) is 5. The fourth-order valence-corrected chi connectivity index (χ4v) is 7.16. The van der Waals surface area contributed by atoms with Crippen LogP contribution in [0.3, 0.4) is 0 Å². The first-order valence-corrected chi connectivity index (χ1v) is 18.3. The monoisotopic (exact) mass is 731 g/mol. The van der Waals surface area contributed by atoms with Gasteiger partial charge in [-0.2, -0.15) is 0 Å². The van der Waals surface area contributed by atoms with Crippen molar-refractivity contribution in [3.63, 3.8) is 0 Å². The summed E-state index contributed by atoms with van der Waals surface area (Å²) in [7, 11) is 0. The largest absolute Gasteiger partial charge is 0.508 e. The van der Waals surface area contributed by atoms with Gasteiger partial charge in [-0.1, -0.05) is 56.3 Å². The Hall–Kier alpha value is -5.47. The Kier molecular flexibility index (Phi) is 13.0. The SMILES string of the molecule is CC(C)C[C@@H]1NC(=O)CNC(=O)[C@@H]2CCCN2C(=O)[C@H](Cc2ccc(O)cc2)NC(=O)[C@H](Cc2ccccc2)NC(=O)CNC(=O)[C@@H]2CCCN2C1=O. The zero-order valence-corrected chi connectivity index (χ0v) is 30.1. The summed E-state index contributed by atoms with van der Waals surface area (Å²) in [5, 5.41) is 23.3. The number of phenols is 1. The van der Waals surface area contributed by atoms with Gasteiger partial charge in [0.15, 0.2) is 0 Å². The highest BCUT2D eigenvalue weighted by molar-refractivity contribution is 5.97. The third kappa shape index (κ3) is 10.3. The average Bonchev–Trinajstić information content (AvgIpc) is 3.83. The molecule has 3 heterocycles. The standard InChI is InChI=1S/C38H49N7O8/c1-23(2)18-28-37(52)44-16-6-10-30(44)35(50)39-21-32(47)41-27(19-24-8-4-3-5-9-24)34(49)43-29(20-25-12-14-26(46)15-13-25)38(53)45-17-7-11-31(45)36(51)40-22-33(48)42-28/h3-5,8-9,12-15,23,27-31,46H,6-7,10-11,16-22H2,1-2H3,(H,39,50)(H,40,51)(H,41,47)(H,42,48)(H,43,49)/t27-,28-,29-,30-,31-/m0/s1. The molecule has 3 fully saturated rings. The summed E-state index contributed by atoms with van der Waals surface area (Å²) in [6.07, 6.45) is 2.14. The van der Waals surface area contributed by atoms with E-state index in [2.05, 4.69) is 26.6 Å². The van der Waals surface area contributed by atoms with Crippen LogP contribution in [0, 0.1) is 5.92 Å². The van der Waals surface area contributed by atoms with Crippen molar-refractivity contribution >= 4 is 41.4 Å². The number of nitrogens with zero attached hydrogens (tertiary/aromatic N) is 2. The Morgan fingerprint density at radius 2 is 1.11 bits per heavy atom. The molecule has 2 aromatic carbocycles. The molecule has 284 valence electrons. The number of hydrogen-bond donors (Lipinski definition) is 6. The molecule has 5 rings (SSSR count). The molecule has 0 spiro atoms. The van der Waals surface area contributed by atoms with Crippen LogP contribution in [0.5, 0.6) is 5.75 Å². The summed E-state index contributed by atoms with van der Waals surface area (Å²) in [5.74, 6) is -3.92. The van der Waals surface area contributed by atoms with Gasteiger partial charge >= 0.3 is 0 Å². The summed E-state index contributed by atoms with van der Waals surface area (Å²) < 4.78 is 0. The van der Waals surface area contributed by atoms with Gasteiger partial charge < -0.3 is 41.5 Å². The Balaban J connectivity index is 1.46. The number of carbonyl (C=O) groups excluding carboxylic acids is 7. The maximum absolute atomic E-state index is 14.2. The van der Waals surface area contributed by atoms with E-state index in [0.29, 0.717) is 44.2 Å². The van der Waals surface area contributed by atoms with E-state index in [9.17, 15) is 38.7 Å². The van der Waals surface area contributed by atoms with Crippen LogP contribution in [0.25, 0.3) is 0 Å². The highest BCUT2D eigenvalue weighted by atomic mass is 16.3. The summed E-state index contributed by atoms with van der Waals surface area (Å²) in [6.45, 7) is 3.42. The van der Waals surface area contributed by atoms with Crippen LogP contribution in [-0.2, 0) is 46.4 Å². The van der Waals surface area contributed by atoms with Crippen LogP contribution < -0.4 is 26.6 Å². The molecular weight excluding hydrogens is 682 g/mol. The van der Waals surface area contributed by atoms with Gasteiger partial charge in [-0.3, -0.25) is 33.6 Å². The molecule has 0 unspecified atom stereocenters. The average molecular weight is 732 g/mol. The Morgan fingerprint density at radius 1 is 0.623 bits per heavy atom. The van der Waals surface area contributed by atoms with Crippen molar-refractivity contribution in [2.75, 3.05) is 26.2 Å². The van der Waals surface area contributed by atoms with Crippen LogP contribution >= 0.6 is 0 Å². The fraction of sp³-hybridized carbons (Fsp3) is 0.500. The van der Waals surface area contributed by atoms with Crippen molar-refractivity contribution in [1.29, 1.82) is 0 Å². The van der Waals surface area contributed by atoms with E-state index < -0.39 is 84.6 Å². The summed E-state index contributed by atoms with van der Waals surface area (Å²) >= 11 is 0. The third-order valence-corrected chi connectivity index (χ3v) is 9.79. The van der Waals surface area contributed by atoms with Gasteiger partial charge in [0.05, 0.1) is 13.1 Å². The molecule has 15 nitrogen and oxygen atoms in total. The first-order valence-electron chi connectivity index (χ1n) is 18.3. The van der Waals surface area contributed by atoms with Crippen LogP contribution in [-0.4, -0.2) is 113 Å². The highest BCUT2D eigenvalue weighted by Crippen LogP contribution is 2.22.